The Labute approximate surface area is 78.0 Å². The molecule has 1 aromatic heterocycles. The van der Waals surface area contributed by atoms with E-state index in [1.54, 1.807) is 6.07 Å². The second kappa shape index (κ2) is 4.27. The minimum Gasteiger partial charge on any atom is -0.475 e. The molecule has 1 heterocycles. The number of carbonyl (C=O) groups is 1. The summed E-state index contributed by atoms with van der Waals surface area (Å²) in [6.07, 6.45) is 1.39. The molecule has 0 aliphatic carbocycles. The molecule has 0 unspecified atom stereocenters. The lowest BCUT2D eigenvalue weighted by Gasteiger charge is -1.96. The van der Waals surface area contributed by atoms with Gasteiger partial charge in [0.1, 0.15) is 5.03 Å². The first kappa shape index (κ1) is 9.28. The van der Waals surface area contributed by atoms with Crippen molar-refractivity contribution < 1.29 is 9.90 Å². The number of aromatic nitrogens is 2. The zero-order valence-electron chi connectivity index (χ0n) is 5.90. The van der Waals surface area contributed by atoms with Gasteiger partial charge in [-0.25, -0.2) is 14.8 Å². The van der Waals surface area contributed by atoms with Crippen LogP contribution in [0.1, 0.15) is 10.6 Å². The molecule has 0 atom stereocenters. The number of halogens is 1. The van der Waals surface area contributed by atoms with E-state index in [1.807, 2.05) is 0 Å². The fourth-order valence-electron chi connectivity index (χ4n) is 0.581. The van der Waals surface area contributed by atoms with Crippen LogP contribution in [-0.2, 0) is 0 Å². The Hall–Kier alpha value is -0.810. The third kappa shape index (κ3) is 2.35. The van der Waals surface area contributed by atoms with Crippen molar-refractivity contribution in [3.8, 4) is 0 Å². The van der Waals surface area contributed by atoms with Gasteiger partial charge in [0.2, 0.25) is 5.82 Å². The average molecular weight is 205 g/mol. The van der Waals surface area contributed by atoms with Gasteiger partial charge in [0.05, 0.1) is 5.21 Å². The maximum atomic E-state index is 10.4. The van der Waals surface area contributed by atoms with E-state index in [0.29, 0.717) is 10.2 Å². The number of thioether (sulfide) groups is 1. The number of hydrogen-bond donors (Lipinski definition) is 1. The molecule has 4 nitrogen and oxygen atoms in total. The highest BCUT2D eigenvalue weighted by molar-refractivity contribution is 8.00. The van der Waals surface area contributed by atoms with Crippen LogP contribution in [-0.4, -0.2) is 26.3 Å². The number of carboxylic acid groups (broad SMARTS) is 1. The van der Waals surface area contributed by atoms with Gasteiger partial charge in [-0.3, -0.25) is 0 Å². The second-order valence-electron chi connectivity index (χ2n) is 1.78. The van der Waals surface area contributed by atoms with E-state index >= 15 is 0 Å². The highest BCUT2D eigenvalue weighted by atomic mass is 35.5. The van der Waals surface area contributed by atoms with E-state index in [4.69, 9.17) is 16.7 Å². The van der Waals surface area contributed by atoms with Gasteiger partial charge in [0.25, 0.3) is 0 Å². The molecule has 0 radical (unpaired) electrons. The van der Waals surface area contributed by atoms with E-state index < -0.39 is 5.97 Å². The van der Waals surface area contributed by atoms with Crippen molar-refractivity contribution in [2.45, 2.75) is 5.03 Å². The van der Waals surface area contributed by atoms with Gasteiger partial charge < -0.3 is 5.11 Å². The third-order valence-electron chi connectivity index (χ3n) is 1.02. The predicted octanol–water partition coefficient (Wildman–Crippen LogP) is 1.46. The van der Waals surface area contributed by atoms with Crippen molar-refractivity contribution in [1.29, 1.82) is 0 Å². The lowest BCUT2D eigenvalue weighted by Crippen LogP contribution is -2.03. The highest BCUT2D eigenvalue weighted by Crippen LogP contribution is 2.15. The summed E-state index contributed by atoms with van der Waals surface area (Å²) in [5.74, 6) is -1.34. The molecule has 0 aliphatic rings. The Morgan fingerprint density at radius 2 is 2.50 bits per heavy atom. The number of hydrogen-bond acceptors (Lipinski definition) is 4. The van der Waals surface area contributed by atoms with Crippen LogP contribution in [0.5, 0.6) is 0 Å². The zero-order chi connectivity index (χ0) is 8.97. The largest absolute Gasteiger partial charge is 0.475 e. The molecule has 0 saturated heterocycles. The summed E-state index contributed by atoms with van der Waals surface area (Å²) in [5.41, 5.74) is 0. The van der Waals surface area contributed by atoms with Crippen LogP contribution >= 0.6 is 23.4 Å². The fraction of sp³-hybridized carbons (Fsp3) is 0.167. The van der Waals surface area contributed by atoms with Crippen LogP contribution in [0.3, 0.4) is 0 Å². The third-order valence-corrected chi connectivity index (χ3v) is 1.98. The van der Waals surface area contributed by atoms with Crippen molar-refractivity contribution in [1.82, 2.24) is 9.97 Å². The maximum absolute atomic E-state index is 10.4. The molecular formula is C6H5ClN2O2S. The van der Waals surface area contributed by atoms with Crippen LogP contribution in [0.4, 0.5) is 0 Å². The number of rotatable bonds is 3. The second-order valence-corrected chi connectivity index (χ2v) is 3.36. The van der Waals surface area contributed by atoms with Gasteiger partial charge in [-0.1, -0.05) is 11.8 Å². The number of alkyl halides is 1. The molecule has 0 aliphatic heterocycles. The van der Waals surface area contributed by atoms with Crippen molar-refractivity contribution >= 4 is 29.3 Å². The summed E-state index contributed by atoms with van der Waals surface area (Å²) >= 11 is 6.68. The summed E-state index contributed by atoms with van der Waals surface area (Å²) in [7, 11) is 0. The lowest BCUT2D eigenvalue weighted by molar-refractivity contribution is 0.0682. The number of carboxylic acids is 1. The molecule has 0 spiro atoms. The van der Waals surface area contributed by atoms with Crippen molar-refractivity contribution in [3.05, 3.63) is 18.1 Å². The van der Waals surface area contributed by atoms with Gasteiger partial charge in [0.15, 0.2) is 0 Å². The molecular weight excluding hydrogens is 200 g/mol. The smallest absolute Gasteiger partial charge is 0.373 e. The standard InChI is InChI=1S/C6H5ClN2O2S/c7-3-12-4-1-2-8-5(9-4)6(10)11/h1-2H,3H2,(H,10,11). The lowest BCUT2D eigenvalue weighted by atomic mass is 10.6. The number of nitrogens with zero attached hydrogens (tertiary/aromatic N) is 2. The number of aromatic carboxylic acids is 1. The van der Waals surface area contributed by atoms with Crippen LogP contribution in [0, 0.1) is 0 Å². The molecule has 1 aromatic rings. The van der Waals surface area contributed by atoms with Crippen molar-refractivity contribution in [3.63, 3.8) is 0 Å². The van der Waals surface area contributed by atoms with Crippen LogP contribution in [0.25, 0.3) is 0 Å². The first-order valence-corrected chi connectivity index (χ1v) is 4.51. The topological polar surface area (TPSA) is 63.1 Å². The van der Waals surface area contributed by atoms with Crippen LogP contribution < -0.4 is 0 Å². The van der Waals surface area contributed by atoms with Crippen LogP contribution in [0.15, 0.2) is 17.3 Å². The van der Waals surface area contributed by atoms with Crippen molar-refractivity contribution in [2.75, 3.05) is 5.21 Å². The fourth-order valence-corrected chi connectivity index (χ4v) is 1.34. The molecule has 0 amide bonds. The molecule has 0 fully saturated rings. The van der Waals surface area contributed by atoms with Gasteiger partial charge in [-0.05, 0) is 6.07 Å². The predicted molar refractivity (Wildman–Crippen MR) is 45.6 cm³/mol. The average Bonchev–Trinajstić information content (AvgIpc) is 2.05. The molecule has 64 valence electrons. The minimum atomic E-state index is -1.13. The molecule has 1 N–H and O–H groups in total. The van der Waals surface area contributed by atoms with E-state index in [9.17, 15) is 4.79 Å². The summed E-state index contributed by atoms with van der Waals surface area (Å²) in [4.78, 5) is 17.7. The molecule has 0 saturated carbocycles. The Kier molecular flexibility index (Phi) is 3.31. The molecule has 0 aromatic carbocycles. The maximum Gasteiger partial charge on any atom is 0.373 e. The van der Waals surface area contributed by atoms with Crippen LogP contribution in [0.2, 0.25) is 0 Å². The molecule has 12 heavy (non-hydrogen) atoms. The molecule has 1 rings (SSSR count). The van der Waals surface area contributed by atoms with Gasteiger partial charge in [0, 0.05) is 6.20 Å². The molecule has 6 heteroatoms. The summed E-state index contributed by atoms with van der Waals surface area (Å²) in [6, 6.07) is 1.61. The van der Waals surface area contributed by atoms with E-state index in [1.165, 1.54) is 18.0 Å². The minimum absolute atomic E-state index is 0.204. The summed E-state index contributed by atoms with van der Waals surface area (Å²) < 4.78 is 0. The quantitative estimate of drug-likeness (QED) is 0.459. The SMILES string of the molecule is O=C(O)c1nccc(SCCl)n1. The van der Waals surface area contributed by atoms with Gasteiger partial charge in [-0.15, -0.1) is 11.6 Å². The summed E-state index contributed by atoms with van der Waals surface area (Å²) in [5, 5.41) is 9.42. The Balaban J connectivity index is 2.88. The zero-order valence-corrected chi connectivity index (χ0v) is 7.47. The monoisotopic (exact) mass is 204 g/mol. The highest BCUT2D eigenvalue weighted by Gasteiger charge is 2.06. The summed E-state index contributed by atoms with van der Waals surface area (Å²) in [6.45, 7) is 0. The Bertz CT molecular complexity index is 295. The van der Waals surface area contributed by atoms with Gasteiger partial charge >= 0.3 is 5.97 Å². The Morgan fingerprint density at radius 3 is 3.08 bits per heavy atom. The van der Waals surface area contributed by atoms with Crippen molar-refractivity contribution in [2.24, 2.45) is 0 Å². The van der Waals surface area contributed by atoms with E-state index in [0.717, 1.165) is 0 Å². The first-order chi connectivity index (χ1) is 5.74. The van der Waals surface area contributed by atoms with E-state index in [-0.39, 0.29) is 5.82 Å². The van der Waals surface area contributed by atoms with E-state index in [2.05, 4.69) is 9.97 Å². The normalized spacial score (nSPS) is 9.75. The Morgan fingerprint density at radius 1 is 1.75 bits per heavy atom. The van der Waals surface area contributed by atoms with Gasteiger partial charge in [-0.2, -0.15) is 0 Å². The molecule has 0 bridgehead atoms. The first-order valence-electron chi connectivity index (χ1n) is 2.99.